The molecule has 0 N–H and O–H groups in total. The zero-order valence-corrected chi connectivity index (χ0v) is 13.3. The smallest absolute Gasteiger partial charge is 0.336 e. The molecule has 0 aliphatic heterocycles. The number of unbranched alkanes of at least 4 members (excludes halogenated alkanes) is 1. The van der Waals surface area contributed by atoms with Gasteiger partial charge in [0.05, 0.1) is 5.92 Å². The van der Waals surface area contributed by atoms with Crippen molar-refractivity contribution in [3.63, 3.8) is 0 Å². The summed E-state index contributed by atoms with van der Waals surface area (Å²) in [6, 6.07) is 6.60. The molecule has 1 atom stereocenters. The van der Waals surface area contributed by atoms with Gasteiger partial charge >= 0.3 is 11.6 Å². The van der Waals surface area contributed by atoms with E-state index in [1.165, 1.54) is 6.07 Å². The van der Waals surface area contributed by atoms with Gasteiger partial charge in [0.2, 0.25) is 0 Å². The Labute approximate surface area is 130 Å². The van der Waals surface area contributed by atoms with Crippen molar-refractivity contribution in [2.45, 2.75) is 46.5 Å². The normalized spacial score (nSPS) is 12.3. The van der Waals surface area contributed by atoms with Crippen LogP contribution < -0.4 is 10.4 Å². The average Bonchev–Trinajstić information content (AvgIpc) is 2.47. The molecule has 2 aromatic rings. The van der Waals surface area contributed by atoms with Crippen molar-refractivity contribution >= 4 is 16.9 Å². The molecule has 0 unspecified atom stereocenters. The fourth-order valence-electron chi connectivity index (χ4n) is 2.51. The zero-order valence-electron chi connectivity index (χ0n) is 13.3. The molecule has 0 radical (unpaired) electrons. The third-order valence-corrected chi connectivity index (χ3v) is 3.87. The van der Waals surface area contributed by atoms with E-state index >= 15 is 0 Å². The number of hydrogen-bond donors (Lipinski definition) is 0. The third kappa shape index (κ3) is 3.75. The van der Waals surface area contributed by atoms with Crippen LogP contribution in [0.15, 0.2) is 33.5 Å². The summed E-state index contributed by atoms with van der Waals surface area (Å²) in [6.07, 6.45) is 3.68. The first-order chi connectivity index (χ1) is 10.5. The van der Waals surface area contributed by atoms with Gasteiger partial charge in [0.1, 0.15) is 11.3 Å². The fourth-order valence-corrected chi connectivity index (χ4v) is 2.51. The van der Waals surface area contributed by atoms with Crippen molar-refractivity contribution in [1.82, 2.24) is 0 Å². The van der Waals surface area contributed by atoms with E-state index in [0.717, 1.165) is 36.6 Å². The number of carbonyl (C=O) groups is 1. The number of ether oxygens (including phenoxy) is 1. The van der Waals surface area contributed by atoms with E-state index in [1.54, 1.807) is 12.1 Å². The quantitative estimate of drug-likeness (QED) is 0.455. The molecule has 118 valence electrons. The van der Waals surface area contributed by atoms with E-state index in [2.05, 4.69) is 6.92 Å². The summed E-state index contributed by atoms with van der Waals surface area (Å²) in [5, 5.41) is 0.845. The molecular formula is C18H22O4. The highest BCUT2D eigenvalue weighted by atomic mass is 16.5. The van der Waals surface area contributed by atoms with Crippen LogP contribution in [0.4, 0.5) is 0 Å². The highest BCUT2D eigenvalue weighted by molar-refractivity contribution is 5.82. The van der Waals surface area contributed by atoms with E-state index in [9.17, 15) is 9.59 Å². The molecule has 0 saturated carbocycles. The molecule has 0 aliphatic rings. The van der Waals surface area contributed by atoms with E-state index in [4.69, 9.17) is 9.15 Å². The van der Waals surface area contributed by atoms with Crippen molar-refractivity contribution in [2.24, 2.45) is 5.92 Å². The van der Waals surface area contributed by atoms with Crippen molar-refractivity contribution in [3.05, 3.63) is 40.2 Å². The van der Waals surface area contributed by atoms with Crippen LogP contribution in [0.5, 0.6) is 5.75 Å². The van der Waals surface area contributed by atoms with Crippen LogP contribution in [0.25, 0.3) is 11.0 Å². The van der Waals surface area contributed by atoms with Crippen molar-refractivity contribution in [1.29, 1.82) is 0 Å². The molecule has 4 nitrogen and oxygen atoms in total. The minimum Gasteiger partial charge on any atom is -0.426 e. The Morgan fingerprint density at radius 1 is 1.27 bits per heavy atom. The largest absolute Gasteiger partial charge is 0.426 e. The Morgan fingerprint density at radius 2 is 2.05 bits per heavy atom. The summed E-state index contributed by atoms with van der Waals surface area (Å²) in [7, 11) is 0. The molecule has 0 saturated heterocycles. The fraction of sp³-hybridized carbons (Fsp3) is 0.444. The van der Waals surface area contributed by atoms with Gasteiger partial charge in [-0.1, -0.05) is 26.7 Å². The van der Waals surface area contributed by atoms with Crippen LogP contribution in [-0.4, -0.2) is 5.97 Å². The second kappa shape index (κ2) is 7.25. The number of fused-ring (bicyclic) bond motifs is 1. The summed E-state index contributed by atoms with van der Waals surface area (Å²) < 4.78 is 10.6. The van der Waals surface area contributed by atoms with Crippen molar-refractivity contribution in [2.75, 3.05) is 0 Å². The summed E-state index contributed by atoms with van der Waals surface area (Å²) in [5.41, 5.74) is 0.887. The molecule has 1 aromatic carbocycles. The molecule has 0 amide bonds. The molecule has 4 heteroatoms. The average molecular weight is 302 g/mol. The first-order valence-corrected chi connectivity index (χ1v) is 7.81. The summed E-state index contributed by atoms with van der Waals surface area (Å²) in [4.78, 5) is 23.6. The Hall–Kier alpha value is -2.10. The number of esters is 1. The minimum atomic E-state index is -0.400. The number of rotatable bonds is 6. The number of aryl methyl sites for hydroxylation is 1. The van der Waals surface area contributed by atoms with Crippen LogP contribution in [-0.2, 0) is 4.79 Å². The first-order valence-electron chi connectivity index (χ1n) is 7.81. The SMILES string of the molecule is CCCC[C@H](CC)C(=O)Oc1ccc2c(C)cc(=O)oc2c1. The standard InChI is InChI=1S/C18H22O4/c1-4-6-7-13(5-2)18(20)21-14-8-9-15-12(3)10-17(19)22-16(15)11-14/h8-11,13H,4-7H2,1-3H3/t13-/m0/s1. The van der Waals surface area contributed by atoms with Gasteiger partial charge < -0.3 is 9.15 Å². The van der Waals surface area contributed by atoms with Crippen LogP contribution >= 0.6 is 0 Å². The molecule has 2 rings (SSSR count). The molecule has 1 heterocycles. The van der Waals surface area contributed by atoms with Gasteiger partial charge in [0.25, 0.3) is 0 Å². The Morgan fingerprint density at radius 3 is 2.73 bits per heavy atom. The molecule has 1 aromatic heterocycles. The van der Waals surface area contributed by atoms with Gasteiger partial charge in [0.15, 0.2) is 0 Å². The van der Waals surface area contributed by atoms with Gasteiger partial charge in [-0.15, -0.1) is 0 Å². The molecule has 0 bridgehead atoms. The molecule has 22 heavy (non-hydrogen) atoms. The van der Waals surface area contributed by atoms with Gasteiger partial charge in [-0.05, 0) is 37.5 Å². The lowest BCUT2D eigenvalue weighted by atomic mass is 10.00. The Kier molecular flexibility index (Phi) is 5.36. The predicted octanol–water partition coefficient (Wildman–Crippen LogP) is 4.22. The van der Waals surface area contributed by atoms with Crippen LogP contribution in [0.1, 0.15) is 45.1 Å². The maximum Gasteiger partial charge on any atom is 0.336 e. The number of benzene rings is 1. The lowest BCUT2D eigenvalue weighted by molar-refractivity contribution is -0.139. The summed E-state index contributed by atoms with van der Waals surface area (Å²) in [6.45, 7) is 5.94. The lowest BCUT2D eigenvalue weighted by Crippen LogP contribution is -2.20. The van der Waals surface area contributed by atoms with E-state index in [-0.39, 0.29) is 11.9 Å². The third-order valence-electron chi connectivity index (χ3n) is 3.87. The topological polar surface area (TPSA) is 56.5 Å². The Bertz CT molecular complexity index is 715. The van der Waals surface area contributed by atoms with E-state index in [1.807, 2.05) is 19.9 Å². The van der Waals surface area contributed by atoms with Gasteiger partial charge in [-0.25, -0.2) is 4.79 Å². The highest BCUT2D eigenvalue weighted by Crippen LogP contribution is 2.24. The molecular weight excluding hydrogens is 280 g/mol. The summed E-state index contributed by atoms with van der Waals surface area (Å²) in [5.74, 6) is 0.117. The second-order valence-electron chi connectivity index (χ2n) is 5.57. The lowest BCUT2D eigenvalue weighted by Gasteiger charge is -2.13. The van der Waals surface area contributed by atoms with Gasteiger partial charge in [-0.3, -0.25) is 4.79 Å². The van der Waals surface area contributed by atoms with E-state index in [0.29, 0.717) is 11.3 Å². The monoisotopic (exact) mass is 302 g/mol. The molecule has 0 spiro atoms. The maximum absolute atomic E-state index is 12.2. The minimum absolute atomic E-state index is 0.0832. The summed E-state index contributed by atoms with van der Waals surface area (Å²) >= 11 is 0. The van der Waals surface area contributed by atoms with E-state index < -0.39 is 5.63 Å². The van der Waals surface area contributed by atoms with Crippen molar-refractivity contribution in [3.8, 4) is 5.75 Å². The number of carbonyl (C=O) groups excluding carboxylic acids is 1. The zero-order chi connectivity index (χ0) is 16.1. The second-order valence-corrected chi connectivity index (χ2v) is 5.57. The maximum atomic E-state index is 12.2. The van der Waals surface area contributed by atoms with Gasteiger partial charge in [0, 0.05) is 17.5 Å². The van der Waals surface area contributed by atoms with Crippen LogP contribution in [0.3, 0.4) is 0 Å². The van der Waals surface area contributed by atoms with Crippen LogP contribution in [0, 0.1) is 12.8 Å². The highest BCUT2D eigenvalue weighted by Gasteiger charge is 2.18. The predicted molar refractivity (Wildman–Crippen MR) is 86.2 cm³/mol. The van der Waals surface area contributed by atoms with Crippen molar-refractivity contribution < 1.29 is 13.9 Å². The van der Waals surface area contributed by atoms with Gasteiger partial charge in [-0.2, -0.15) is 0 Å². The van der Waals surface area contributed by atoms with Crippen LogP contribution in [0.2, 0.25) is 0 Å². The number of hydrogen-bond acceptors (Lipinski definition) is 4. The molecule has 0 fully saturated rings. The Balaban J connectivity index is 2.21. The first kappa shape index (κ1) is 16.3. The molecule has 0 aliphatic carbocycles.